The number of rotatable bonds is 0. The summed E-state index contributed by atoms with van der Waals surface area (Å²) in [6.07, 6.45) is 4.29. The molecule has 2 fully saturated rings. The van der Waals surface area contributed by atoms with Crippen molar-refractivity contribution in [3.63, 3.8) is 0 Å². The lowest BCUT2D eigenvalue weighted by atomic mass is 9.96. The molecule has 14 heavy (non-hydrogen) atoms. The highest BCUT2D eigenvalue weighted by molar-refractivity contribution is 4.89. The van der Waals surface area contributed by atoms with Gasteiger partial charge in [-0.15, -0.1) is 0 Å². The Kier molecular flexibility index (Phi) is 2.85. The average Bonchev–Trinajstić information content (AvgIpc) is 2.16. The van der Waals surface area contributed by atoms with E-state index in [2.05, 4.69) is 30.6 Å². The first-order chi connectivity index (χ1) is 6.57. The monoisotopic (exact) mass is 196 g/mol. The smallest absolute Gasteiger partial charge is 0.0223 e. The lowest BCUT2D eigenvalue weighted by Gasteiger charge is -2.48. The van der Waals surface area contributed by atoms with Gasteiger partial charge in [0.1, 0.15) is 0 Å². The molecule has 0 aliphatic carbocycles. The molecule has 1 atom stereocenters. The van der Waals surface area contributed by atoms with Crippen LogP contribution >= 0.6 is 0 Å². The van der Waals surface area contributed by atoms with E-state index in [-0.39, 0.29) is 0 Å². The average molecular weight is 196 g/mol. The minimum absolute atomic E-state index is 0.365. The molecule has 0 spiro atoms. The van der Waals surface area contributed by atoms with Crippen LogP contribution in [0.4, 0.5) is 0 Å². The van der Waals surface area contributed by atoms with E-state index in [9.17, 15) is 0 Å². The van der Waals surface area contributed by atoms with Gasteiger partial charge in [0.25, 0.3) is 0 Å². The van der Waals surface area contributed by atoms with E-state index in [1.165, 1.54) is 45.4 Å². The summed E-state index contributed by atoms with van der Waals surface area (Å²) in [5, 5.41) is 0. The van der Waals surface area contributed by atoms with Crippen molar-refractivity contribution in [1.29, 1.82) is 0 Å². The van der Waals surface area contributed by atoms with Crippen LogP contribution in [0.15, 0.2) is 0 Å². The molecule has 2 rings (SSSR count). The lowest BCUT2D eigenvalue weighted by molar-refractivity contribution is 0.00573. The van der Waals surface area contributed by atoms with Crippen LogP contribution in [0.2, 0.25) is 0 Å². The molecule has 2 nitrogen and oxygen atoms in total. The molecule has 0 N–H and O–H groups in total. The molecule has 0 aromatic carbocycles. The highest BCUT2D eigenvalue weighted by Crippen LogP contribution is 2.25. The third-order valence-electron chi connectivity index (χ3n) is 3.79. The highest BCUT2D eigenvalue weighted by Gasteiger charge is 2.33. The van der Waals surface area contributed by atoms with Gasteiger partial charge >= 0.3 is 0 Å². The van der Waals surface area contributed by atoms with E-state index in [0.29, 0.717) is 5.54 Å². The predicted octanol–water partition coefficient (Wildman–Crippen LogP) is 1.96. The molecule has 2 aliphatic rings. The van der Waals surface area contributed by atoms with Gasteiger partial charge in [-0.1, -0.05) is 6.42 Å². The molecule has 0 aromatic rings. The molecule has 2 heteroatoms. The molecular weight excluding hydrogens is 172 g/mol. The van der Waals surface area contributed by atoms with Gasteiger partial charge < -0.3 is 0 Å². The number of hydrogen-bond acceptors (Lipinski definition) is 2. The third kappa shape index (κ3) is 2.12. The van der Waals surface area contributed by atoms with Gasteiger partial charge in [-0.25, -0.2) is 0 Å². The summed E-state index contributed by atoms with van der Waals surface area (Å²) in [4.78, 5) is 5.35. The second kappa shape index (κ2) is 3.82. The standard InChI is InChI=1S/C12H24N2/c1-12(2,3)14-9-8-13-7-5-4-6-11(13)10-14/h11H,4-10H2,1-3H3/t11-/m1/s1. The van der Waals surface area contributed by atoms with Crippen molar-refractivity contribution >= 4 is 0 Å². The van der Waals surface area contributed by atoms with Crippen molar-refractivity contribution < 1.29 is 0 Å². The van der Waals surface area contributed by atoms with Crippen LogP contribution in [-0.2, 0) is 0 Å². The summed E-state index contributed by atoms with van der Waals surface area (Å²) in [7, 11) is 0. The summed E-state index contributed by atoms with van der Waals surface area (Å²) in [5.74, 6) is 0. The van der Waals surface area contributed by atoms with Crippen LogP contribution in [0.25, 0.3) is 0 Å². The zero-order chi connectivity index (χ0) is 10.2. The van der Waals surface area contributed by atoms with E-state index in [1.807, 2.05) is 0 Å². The van der Waals surface area contributed by atoms with E-state index in [0.717, 1.165) is 6.04 Å². The number of piperidine rings is 1. The molecule has 0 radical (unpaired) electrons. The van der Waals surface area contributed by atoms with Crippen molar-refractivity contribution in [2.45, 2.75) is 51.6 Å². The topological polar surface area (TPSA) is 6.48 Å². The van der Waals surface area contributed by atoms with Crippen molar-refractivity contribution in [1.82, 2.24) is 9.80 Å². The van der Waals surface area contributed by atoms with Gasteiger partial charge in [0.2, 0.25) is 0 Å². The van der Waals surface area contributed by atoms with E-state index in [4.69, 9.17) is 0 Å². The van der Waals surface area contributed by atoms with Crippen molar-refractivity contribution in [2.24, 2.45) is 0 Å². The van der Waals surface area contributed by atoms with Crippen molar-refractivity contribution in [3.05, 3.63) is 0 Å². The fourth-order valence-electron chi connectivity index (χ4n) is 2.77. The SMILES string of the molecule is CC(C)(C)N1CCN2CCCC[C@@H]2C1. The van der Waals surface area contributed by atoms with Crippen LogP contribution < -0.4 is 0 Å². The zero-order valence-electron chi connectivity index (χ0n) is 9.92. The number of hydrogen-bond donors (Lipinski definition) is 0. The Labute approximate surface area is 88.3 Å². The second-order valence-corrected chi connectivity index (χ2v) is 5.80. The molecule has 2 aliphatic heterocycles. The fraction of sp³-hybridized carbons (Fsp3) is 1.00. The summed E-state index contributed by atoms with van der Waals surface area (Å²) in [5.41, 5.74) is 0.365. The maximum Gasteiger partial charge on any atom is 0.0223 e. The van der Waals surface area contributed by atoms with Crippen LogP contribution in [0.5, 0.6) is 0 Å². The molecule has 0 saturated carbocycles. The summed E-state index contributed by atoms with van der Waals surface area (Å²) in [6, 6.07) is 0.858. The Morgan fingerprint density at radius 3 is 2.50 bits per heavy atom. The number of fused-ring (bicyclic) bond motifs is 1. The number of nitrogens with zero attached hydrogens (tertiary/aromatic N) is 2. The largest absolute Gasteiger partial charge is 0.298 e. The number of piperazine rings is 1. The van der Waals surface area contributed by atoms with E-state index in [1.54, 1.807) is 0 Å². The van der Waals surface area contributed by atoms with Crippen LogP contribution in [-0.4, -0.2) is 47.6 Å². The van der Waals surface area contributed by atoms with Gasteiger partial charge in [-0.3, -0.25) is 9.80 Å². The lowest BCUT2D eigenvalue weighted by Crippen LogP contribution is -2.59. The highest BCUT2D eigenvalue weighted by atomic mass is 15.3. The Hall–Kier alpha value is -0.0800. The molecule has 0 aromatic heterocycles. The third-order valence-corrected chi connectivity index (χ3v) is 3.79. The van der Waals surface area contributed by atoms with Crippen LogP contribution in [0.1, 0.15) is 40.0 Å². The quantitative estimate of drug-likeness (QED) is 0.584. The van der Waals surface area contributed by atoms with Crippen LogP contribution in [0.3, 0.4) is 0 Å². The Bertz CT molecular complexity index is 195. The summed E-state index contributed by atoms with van der Waals surface area (Å²) < 4.78 is 0. The fourth-order valence-corrected chi connectivity index (χ4v) is 2.77. The minimum atomic E-state index is 0.365. The van der Waals surface area contributed by atoms with Gasteiger partial charge in [-0.05, 0) is 40.2 Å². The molecule has 0 bridgehead atoms. The summed E-state index contributed by atoms with van der Waals surface area (Å²) in [6.45, 7) is 12.2. The predicted molar refractivity (Wildman–Crippen MR) is 60.5 cm³/mol. The molecule has 0 unspecified atom stereocenters. The molecule has 2 heterocycles. The summed E-state index contributed by atoms with van der Waals surface area (Å²) >= 11 is 0. The van der Waals surface area contributed by atoms with Crippen molar-refractivity contribution in [2.75, 3.05) is 26.2 Å². The molecular formula is C12H24N2. The first-order valence-electron chi connectivity index (χ1n) is 6.06. The van der Waals surface area contributed by atoms with Gasteiger partial charge in [-0.2, -0.15) is 0 Å². The Balaban J connectivity index is 1.96. The Morgan fingerprint density at radius 2 is 1.79 bits per heavy atom. The maximum atomic E-state index is 2.70. The second-order valence-electron chi connectivity index (χ2n) is 5.80. The van der Waals surface area contributed by atoms with E-state index >= 15 is 0 Å². The van der Waals surface area contributed by atoms with Gasteiger partial charge in [0, 0.05) is 31.2 Å². The van der Waals surface area contributed by atoms with E-state index < -0.39 is 0 Å². The Morgan fingerprint density at radius 1 is 1.00 bits per heavy atom. The van der Waals surface area contributed by atoms with Crippen LogP contribution in [0, 0.1) is 0 Å². The normalized spacial score (nSPS) is 31.5. The first kappa shape index (κ1) is 10.4. The molecule has 2 saturated heterocycles. The van der Waals surface area contributed by atoms with Gasteiger partial charge in [0.15, 0.2) is 0 Å². The maximum absolute atomic E-state index is 2.70. The zero-order valence-corrected chi connectivity index (χ0v) is 9.92. The molecule has 82 valence electrons. The first-order valence-corrected chi connectivity index (χ1v) is 6.06. The minimum Gasteiger partial charge on any atom is -0.298 e. The van der Waals surface area contributed by atoms with Crippen molar-refractivity contribution in [3.8, 4) is 0 Å². The van der Waals surface area contributed by atoms with Gasteiger partial charge in [0.05, 0.1) is 0 Å². The molecule has 0 amide bonds.